The zero-order valence-electron chi connectivity index (χ0n) is 20.1. The summed E-state index contributed by atoms with van der Waals surface area (Å²) < 4.78 is 0. The fraction of sp³-hybridized carbons (Fsp3) is 0.615. The number of carbonyl (C=O) groups excluding carboxylic acids is 3. The summed E-state index contributed by atoms with van der Waals surface area (Å²) in [5, 5.41) is 11.8. The van der Waals surface area contributed by atoms with Gasteiger partial charge in [-0.05, 0) is 69.6 Å². The monoisotopic (exact) mass is 469 g/mol. The normalized spacial score (nSPS) is 27.1. The highest BCUT2D eigenvalue weighted by Gasteiger charge is 2.40. The minimum atomic E-state index is -0.770. The Morgan fingerprint density at radius 2 is 1.65 bits per heavy atom. The summed E-state index contributed by atoms with van der Waals surface area (Å²) in [6, 6.07) is 8.36. The molecule has 0 aromatic heterocycles. The minimum Gasteiger partial charge on any atom is -0.481 e. The summed E-state index contributed by atoms with van der Waals surface area (Å²) in [6.45, 7) is 2.83. The predicted octanol–water partition coefficient (Wildman–Crippen LogP) is 2.92. The van der Waals surface area contributed by atoms with Gasteiger partial charge in [0.1, 0.15) is 0 Å². The van der Waals surface area contributed by atoms with Crippen molar-refractivity contribution in [2.24, 2.45) is 11.3 Å². The zero-order valence-corrected chi connectivity index (χ0v) is 20.1. The van der Waals surface area contributed by atoms with Crippen LogP contribution in [0.5, 0.6) is 0 Å². The maximum Gasteiger partial charge on any atom is 0.309 e. The number of anilines is 1. The molecule has 1 atom stereocenters. The van der Waals surface area contributed by atoms with Gasteiger partial charge in [-0.2, -0.15) is 0 Å². The van der Waals surface area contributed by atoms with E-state index in [1.807, 2.05) is 29.2 Å². The molecular formula is C26H35N3O5. The van der Waals surface area contributed by atoms with Crippen molar-refractivity contribution in [2.45, 2.75) is 70.3 Å². The van der Waals surface area contributed by atoms with Gasteiger partial charge in [-0.3, -0.25) is 24.5 Å². The number of hydrogen-bond acceptors (Lipinski definition) is 5. The minimum absolute atomic E-state index is 0.0220. The number of rotatable bonds is 5. The molecule has 184 valence electrons. The highest BCUT2D eigenvalue weighted by molar-refractivity contribution is 6.00. The van der Waals surface area contributed by atoms with Crippen molar-refractivity contribution >= 4 is 29.4 Å². The smallest absolute Gasteiger partial charge is 0.309 e. The van der Waals surface area contributed by atoms with E-state index in [1.165, 1.54) is 0 Å². The maximum absolute atomic E-state index is 13.0. The molecule has 2 N–H and O–H groups in total. The van der Waals surface area contributed by atoms with Gasteiger partial charge in [-0.25, -0.2) is 0 Å². The molecule has 1 saturated carbocycles. The van der Waals surface area contributed by atoms with Gasteiger partial charge in [0.25, 0.3) is 0 Å². The molecule has 4 rings (SSSR count). The molecule has 2 aliphatic heterocycles. The highest BCUT2D eigenvalue weighted by atomic mass is 16.4. The van der Waals surface area contributed by atoms with Crippen LogP contribution in [0, 0.1) is 11.3 Å². The van der Waals surface area contributed by atoms with E-state index in [9.17, 15) is 24.3 Å². The van der Waals surface area contributed by atoms with Crippen molar-refractivity contribution < 1.29 is 24.3 Å². The Bertz CT molecular complexity index is 944. The van der Waals surface area contributed by atoms with Gasteiger partial charge in [0.2, 0.25) is 17.7 Å². The summed E-state index contributed by atoms with van der Waals surface area (Å²) in [7, 11) is 2.07. The second-order valence-corrected chi connectivity index (χ2v) is 10.4. The largest absolute Gasteiger partial charge is 0.481 e. The Morgan fingerprint density at radius 1 is 1.03 bits per heavy atom. The molecule has 3 fully saturated rings. The number of hydrogen-bond donors (Lipinski definition) is 2. The van der Waals surface area contributed by atoms with Crippen LogP contribution < -0.4 is 10.2 Å². The van der Waals surface area contributed by atoms with Crippen LogP contribution in [-0.2, 0) is 19.2 Å². The summed E-state index contributed by atoms with van der Waals surface area (Å²) in [4.78, 5) is 52.1. The number of imide groups is 1. The van der Waals surface area contributed by atoms with Gasteiger partial charge in [0.05, 0.1) is 11.3 Å². The van der Waals surface area contributed by atoms with Crippen molar-refractivity contribution in [1.82, 2.24) is 10.2 Å². The van der Waals surface area contributed by atoms with E-state index in [-0.39, 0.29) is 29.6 Å². The number of carbonyl (C=O) groups is 4. The second kappa shape index (κ2) is 9.76. The van der Waals surface area contributed by atoms with E-state index >= 15 is 0 Å². The number of nitrogens with one attached hydrogen (secondary N) is 1. The molecule has 3 aliphatic rings. The molecule has 1 aliphatic carbocycles. The Morgan fingerprint density at radius 3 is 2.21 bits per heavy atom. The van der Waals surface area contributed by atoms with Crippen LogP contribution in [-0.4, -0.2) is 59.9 Å². The van der Waals surface area contributed by atoms with Gasteiger partial charge >= 0.3 is 5.97 Å². The van der Waals surface area contributed by atoms with Crippen molar-refractivity contribution in [3.63, 3.8) is 0 Å². The van der Waals surface area contributed by atoms with E-state index in [0.717, 1.165) is 36.9 Å². The third-order valence-electron chi connectivity index (χ3n) is 8.23. The first-order valence-electron chi connectivity index (χ1n) is 12.4. The number of aliphatic carboxylic acids is 1. The molecule has 0 spiro atoms. The molecule has 2 saturated heterocycles. The SMILES string of the molecule is CN(c1ccc(C2CCC(=O)NC2=O)cc1)[C@H]1CC[C@H](C(=O)N2CCC(C)(C(=O)O)CC2)CC1. The number of benzene rings is 1. The molecule has 1 unspecified atom stereocenters. The van der Waals surface area contributed by atoms with Crippen LogP contribution in [0.25, 0.3) is 0 Å². The van der Waals surface area contributed by atoms with E-state index in [2.05, 4.69) is 17.3 Å². The Hall–Kier alpha value is -2.90. The number of carboxylic acids is 1. The Balaban J connectivity index is 1.28. The van der Waals surface area contributed by atoms with Crippen molar-refractivity contribution in [2.75, 3.05) is 25.0 Å². The van der Waals surface area contributed by atoms with Gasteiger partial charge in [-0.15, -0.1) is 0 Å². The molecule has 3 amide bonds. The van der Waals surface area contributed by atoms with E-state index in [0.29, 0.717) is 44.8 Å². The van der Waals surface area contributed by atoms with Gasteiger partial charge in [-0.1, -0.05) is 12.1 Å². The molecule has 0 radical (unpaired) electrons. The average molecular weight is 470 g/mol. The van der Waals surface area contributed by atoms with Gasteiger partial charge in [0, 0.05) is 44.2 Å². The molecule has 8 heteroatoms. The maximum atomic E-state index is 13.0. The van der Waals surface area contributed by atoms with Crippen molar-refractivity contribution in [3.8, 4) is 0 Å². The summed E-state index contributed by atoms with van der Waals surface area (Å²) in [5.74, 6) is -1.27. The number of likely N-dealkylation sites (tertiary alicyclic amines) is 1. The van der Waals surface area contributed by atoms with Crippen molar-refractivity contribution in [1.29, 1.82) is 0 Å². The lowest BCUT2D eigenvalue weighted by molar-refractivity contribution is -0.154. The zero-order chi connectivity index (χ0) is 24.5. The number of piperidine rings is 2. The third-order valence-corrected chi connectivity index (χ3v) is 8.23. The molecule has 1 aromatic rings. The standard InChI is InChI=1S/C26H35N3O5/c1-26(25(33)34)13-15-29(16-14-26)24(32)18-5-9-20(10-6-18)28(2)19-7-3-17(4-8-19)21-11-12-22(30)27-23(21)31/h3-4,7-8,18,20-21H,5-6,9-16H2,1-2H3,(H,33,34)(H,27,30,31)/t18-,20-,21?. The number of carboxylic acid groups (broad SMARTS) is 1. The second-order valence-electron chi connectivity index (χ2n) is 10.4. The van der Waals surface area contributed by atoms with Crippen LogP contribution in [0.3, 0.4) is 0 Å². The van der Waals surface area contributed by atoms with Crippen LogP contribution in [0.1, 0.15) is 69.8 Å². The first-order valence-corrected chi connectivity index (χ1v) is 12.4. The van der Waals surface area contributed by atoms with Gasteiger partial charge < -0.3 is 14.9 Å². The Labute approximate surface area is 200 Å². The first kappa shape index (κ1) is 24.2. The van der Waals surface area contributed by atoms with Crippen LogP contribution in [0.15, 0.2) is 24.3 Å². The van der Waals surface area contributed by atoms with E-state index in [1.54, 1.807) is 6.92 Å². The fourth-order valence-corrected chi connectivity index (χ4v) is 5.57. The molecule has 8 nitrogen and oxygen atoms in total. The van der Waals surface area contributed by atoms with E-state index < -0.39 is 11.4 Å². The third kappa shape index (κ3) is 4.95. The topological polar surface area (TPSA) is 107 Å². The van der Waals surface area contributed by atoms with Gasteiger partial charge in [0.15, 0.2) is 0 Å². The van der Waals surface area contributed by atoms with Crippen LogP contribution in [0.4, 0.5) is 5.69 Å². The lowest BCUT2D eigenvalue weighted by Crippen LogP contribution is -2.48. The summed E-state index contributed by atoms with van der Waals surface area (Å²) >= 11 is 0. The first-order chi connectivity index (χ1) is 16.2. The molecular weight excluding hydrogens is 434 g/mol. The highest BCUT2D eigenvalue weighted by Crippen LogP contribution is 2.35. The van der Waals surface area contributed by atoms with Crippen molar-refractivity contribution in [3.05, 3.63) is 29.8 Å². The average Bonchev–Trinajstić information content (AvgIpc) is 2.84. The van der Waals surface area contributed by atoms with Crippen LogP contribution in [0.2, 0.25) is 0 Å². The Kier molecular flexibility index (Phi) is 6.96. The molecule has 34 heavy (non-hydrogen) atoms. The number of nitrogens with zero attached hydrogens (tertiary/aromatic N) is 2. The lowest BCUT2D eigenvalue weighted by atomic mass is 9.79. The lowest BCUT2D eigenvalue weighted by Gasteiger charge is -2.40. The summed E-state index contributed by atoms with van der Waals surface area (Å²) in [5.41, 5.74) is 1.29. The number of amides is 3. The predicted molar refractivity (Wildman–Crippen MR) is 127 cm³/mol. The summed E-state index contributed by atoms with van der Waals surface area (Å²) in [6.07, 6.45) is 5.50. The van der Waals surface area contributed by atoms with Crippen LogP contribution >= 0.6 is 0 Å². The molecule has 2 heterocycles. The fourth-order valence-electron chi connectivity index (χ4n) is 5.57. The quantitative estimate of drug-likeness (QED) is 0.642. The van der Waals surface area contributed by atoms with E-state index in [4.69, 9.17) is 0 Å². The molecule has 1 aromatic carbocycles. The molecule has 0 bridgehead atoms.